The van der Waals surface area contributed by atoms with Crippen LogP contribution in [-0.4, -0.2) is 5.97 Å². The van der Waals surface area contributed by atoms with Crippen molar-refractivity contribution in [3.05, 3.63) is 71.8 Å². The first-order chi connectivity index (χ1) is 8.81. The molecule has 2 aromatic carbocycles. The zero-order valence-electron chi connectivity index (χ0n) is 10.2. The van der Waals surface area contributed by atoms with Crippen molar-refractivity contribution in [3.8, 4) is 5.75 Å². The van der Waals surface area contributed by atoms with E-state index >= 15 is 0 Å². The van der Waals surface area contributed by atoms with E-state index in [1.54, 1.807) is 18.2 Å². The van der Waals surface area contributed by atoms with Gasteiger partial charge in [-0.15, -0.1) is 0 Å². The molecule has 0 saturated heterocycles. The highest BCUT2D eigenvalue weighted by molar-refractivity contribution is 5.94. The van der Waals surface area contributed by atoms with Crippen molar-refractivity contribution in [1.82, 2.24) is 0 Å². The number of hydrogen-bond donors (Lipinski definition) is 0. The molecule has 2 rings (SSSR count). The minimum Gasteiger partial charge on any atom is -0.423 e. The van der Waals surface area contributed by atoms with Crippen molar-refractivity contribution >= 4 is 12.0 Å². The van der Waals surface area contributed by atoms with E-state index in [0.29, 0.717) is 11.3 Å². The van der Waals surface area contributed by atoms with Crippen LogP contribution in [0, 0.1) is 0 Å². The maximum Gasteiger partial charge on any atom is 0.344 e. The number of esters is 1. The summed E-state index contributed by atoms with van der Waals surface area (Å²) in [5, 5.41) is 0. The number of allylic oxidation sites excluding steroid dienone is 1. The molecule has 0 unspecified atom stereocenters. The van der Waals surface area contributed by atoms with Gasteiger partial charge in [0, 0.05) is 0 Å². The molecule has 0 aliphatic rings. The van der Waals surface area contributed by atoms with Crippen molar-refractivity contribution in [2.75, 3.05) is 0 Å². The maximum atomic E-state index is 12.1. The molecule has 2 aromatic rings. The van der Waals surface area contributed by atoms with Gasteiger partial charge in [-0.1, -0.05) is 48.6 Å². The summed E-state index contributed by atoms with van der Waals surface area (Å²) in [5.41, 5.74) is 1.43. The van der Waals surface area contributed by atoms with Crippen molar-refractivity contribution in [3.63, 3.8) is 0 Å². The first-order valence-electron chi connectivity index (χ1n) is 5.80. The van der Waals surface area contributed by atoms with Gasteiger partial charge in [0.2, 0.25) is 0 Å². The summed E-state index contributed by atoms with van der Waals surface area (Å²) in [6, 6.07) is 16.4. The summed E-state index contributed by atoms with van der Waals surface area (Å²) < 4.78 is 5.31. The average Bonchev–Trinajstić information content (AvgIpc) is 2.41. The van der Waals surface area contributed by atoms with Crippen LogP contribution in [-0.2, 0) is 0 Å². The second-order valence-corrected chi connectivity index (χ2v) is 3.79. The van der Waals surface area contributed by atoms with Crippen molar-refractivity contribution in [2.24, 2.45) is 0 Å². The third kappa shape index (κ3) is 2.86. The van der Waals surface area contributed by atoms with Crippen LogP contribution in [0.2, 0.25) is 0 Å². The van der Waals surface area contributed by atoms with E-state index in [1.165, 1.54) is 0 Å². The molecular weight excluding hydrogens is 224 g/mol. The van der Waals surface area contributed by atoms with Gasteiger partial charge in [0.05, 0.1) is 5.56 Å². The highest BCUT2D eigenvalue weighted by atomic mass is 16.5. The Morgan fingerprint density at radius 2 is 1.67 bits per heavy atom. The van der Waals surface area contributed by atoms with Crippen LogP contribution in [0.25, 0.3) is 6.08 Å². The summed E-state index contributed by atoms with van der Waals surface area (Å²) >= 11 is 0. The fourth-order valence-electron chi connectivity index (χ4n) is 1.66. The van der Waals surface area contributed by atoms with E-state index in [4.69, 9.17) is 4.74 Å². The number of benzene rings is 2. The molecule has 0 bridgehead atoms. The van der Waals surface area contributed by atoms with Gasteiger partial charge in [-0.05, 0) is 30.7 Å². The molecule has 2 nitrogen and oxygen atoms in total. The summed E-state index contributed by atoms with van der Waals surface area (Å²) in [4.78, 5) is 12.1. The molecule has 2 heteroatoms. The van der Waals surface area contributed by atoms with Gasteiger partial charge in [-0.3, -0.25) is 0 Å². The molecule has 0 spiro atoms. The second-order valence-electron chi connectivity index (χ2n) is 3.79. The molecule has 0 radical (unpaired) electrons. The zero-order chi connectivity index (χ0) is 12.8. The number of para-hydroxylation sites is 1. The smallest absolute Gasteiger partial charge is 0.344 e. The molecule has 0 aliphatic carbocycles. The normalized spacial score (nSPS) is 10.5. The van der Waals surface area contributed by atoms with Crippen LogP contribution < -0.4 is 4.74 Å². The molecule has 0 N–H and O–H groups in total. The van der Waals surface area contributed by atoms with Gasteiger partial charge in [-0.2, -0.15) is 0 Å². The Labute approximate surface area is 107 Å². The van der Waals surface area contributed by atoms with Crippen molar-refractivity contribution < 1.29 is 9.53 Å². The first-order valence-corrected chi connectivity index (χ1v) is 5.80. The van der Waals surface area contributed by atoms with Crippen molar-refractivity contribution in [2.45, 2.75) is 6.92 Å². The Morgan fingerprint density at radius 3 is 2.39 bits per heavy atom. The standard InChI is InChI=1S/C16H14O2/c1-2-8-13-9-6-7-12-15(13)16(17)18-14-10-4-3-5-11-14/h2-12H,1H3. The Bertz CT molecular complexity index is 556. The highest BCUT2D eigenvalue weighted by Gasteiger charge is 2.11. The van der Waals surface area contributed by atoms with Gasteiger partial charge < -0.3 is 4.74 Å². The molecule has 0 fully saturated rings. The summed E-state index contributed by atoms with van der Waals surface area (Å²) in [6.07, 6.45) is 3.79. The number of hydrogen-bond acceptors (Lipinski definition) is 2. The second kappa shape index (κ2) is 5.82. The first kappa shape index (κ1) is 12.1. The number of carbonyl (C=O) groups is 1. The van der Waals surface area contributed by atoms with Gasteiger partial charge >= 0.3 is 5.97 Å². The fourth-order valence-corrected chi connectivity index (χ4v) is 1.66. The topological polar surface area (TPSA) is 26.3 Å². The minimum atomic E-state index is -0.338. The molecule has 18 heavy (non-hydrogen) atoms. The highest BCUT2D eigenvalue weighted by Crippen LogP contribution is 2.15. The Balaban J connectivity index is 2.24. The molecule has 0 saturated carbocycles. The van der Waals surface area contributed by atoms with E-state index in [0.717, 1.165) is 5.56 Å². The van der Waals surface area contributed by atoms with Gasteiger partial charge in [0.25, 0.3) is 0 Å². The quantitative estimate of drug-likeness (QED) is 0.598. The molecule has 90 valence electrons. The summed E-state index contributed by atoms with van der Waals surface area (Å²) in [7, 11) is 0. The number of carbonyl (C=O) groups excluding carboxylic acids is 1. The van der Waals surface area contributed by atoms with E-state index in [1.807, 2.05) is 55.5 Å². The summed E-state index contributed by atoms with van der Waals surface area (Å²) in [6.45, 7) is 1.92. The van der Waals surface area contributed by atoms with Crippen molar-refractivity contribution in [1.29, 1.82) is 0 Å². The van der Waals surface area contributed by atoms with Crippen LogP contribution in [0.15, 0.2) is 60.7 Å². The van der Waals surface area contributed by atoms with Crippen LogP contribution in [0.4, 0.5) is 0 Å². The lowest BCUT2D eigenvalue weighted by molar-refractivity contribution is 0.0734. The Morgan fingerprint density at radius 1 is 1.00 bits per heavy atom. The predicted molar refractivity (Wildman–Crippen MR) is 72.6 cm³/mol. The SMILES string of the molecule is CC=Cc1ccccc1C(=O)Oc1ccccc1. The van der Waals surface area contributed by atoms with Gasteiger partial charge in [-0.25, -0.2) is 4.79 Å². The zero-order valence-corrected chi connectivity index (χ0v) is 10.2. The van der Waals surface area contributed by atoms with E-state index in [-0.39, 0.29) is 5.97 Å². The molecular formula is C16H14O2. The van der Waals surface area contributed by atoms with Crippen LogP contribution in [0.3, 0.4) is 0 Å². The lowest BCUT2D eigenvalue weighted by Gasteiger charge is -2.06. The van der Waals surface area contributed by atoms with E-state index in [2.05, 4.69) is 0 Å². The lowest BCUT2D eigenvalue weighted by Crippen LogP contribution is -2.09. The van der Waals surface area contributed by atoms with Crippen LogP contribution in [0.5, 0.6) is 5.75 Å². The van der Waals surface area contributed by atoms with Crippen LogP contribution in [0.1, 0.15) is 22.8 Å². The van der Waals surface area contributed by atoms with E-state index < -0.39 is 0 Å². The minimum absolute atomic E-state index is 0.338. The van der Waals surface area contributed by atoms with Gasteiger partial charge in [0.1, 0.15) is 5.75 Å². The molecule has 0 heterocycles. The molecule has 0 aliphatic heterocycles. The average molecular weight is 238 g/mol. The fraction of sp³-hybridized carbons (Fsp3) is 0.0625. The Hall–Kier alpha value is -2.35. The predicted octanol–water partition coefficient (Wildman–Crippen LogP) is 3.94. The Kier molecular flexibility index (Phi) is 3.92. The lowest BCUT2D eigenvalue weighted by atomic mass is 10.1. The number of rotatable bonds is 3. The third-order valence-electron chi connectivity index (χ3n) is 2.48. The molecule has 0 amide bonds. The number of ether oxygens (including phenoxy) is 1. The summed E-state index contributed by atoms with van der Waals surface area (Å²) in [5.74, 6) is 0.215. The maximum absolute atomic E-state index is 12.1. The largest absolute Gasteiger partial charge is 0.423 e. The monoisotopic (exact) mass is 238 g/mol. The molecule has 0 atom stereocenters. The molecule has 0 aromatic heterocycles. The third-order valence-corrected chi connectivity index (χ3v) is 2.48. The van der Waals surface area contributed by atoms with E-state index in [9.17, 15) is 4.79 Å². The van der Waals surface area contributed by atoms with Crippen LogP contribution >= 0.6 is 0 Å². The van der Waals surface area contributed by atoms with Gasteiger partial charge in [0.15, 0.2) is 0 Å².